The number of ether oxygens (including phenoxy) is 2. The highest BCUT2D eigenvalue weighted by Gasteiger charge is 2.31. The highest BCUT2D eigenvalue weighted by molar-refractivity contribution is 7.21. The van der Waals surface area contributed by atoms with Gasteiger partial charge in [-0.05, 0) is 31.5 Å². The van der Waals surface area contributed by atoms with Gasteiger partial charge in [0.2, 0.25) is 0 Å². The number of hydrogen-bond acceptors (Lipinski definition) is 4. The van der Waals surface area contributed by atoms with Crippen LogP contribution in [0.2, 0.25) is 0 Å². The smallest absolute Gasteiger partial charge is 0.264 e. The summed E-state index contributed by atoms with van der Waals surface area (Å²) in [7, 11) is 1.62. The molecular formula is C17H20FNO3S. The number of fused-ring (bicyclic) bond motifs is 1. The minimum Gasteiger partial charge on any atom is -0.382 e. The fourth-order valence-electron chi connectivity index (χ4n) is 3.09. The number of hydrogen-bond donors (Lipinski definition) is 0. The third kappa shape index (κ3) is 3.11. The number of carbonyl (C=O) groups excluding carboxylic acids is 1. The summed E-state index contributed by atoms with van der Waals surface area (Å²) < 4.78 is 25.8. The Bertz CT molecular complexity index is 730. The summed E-state index contributed by atoms with van der Waals surface area (Å²) in [6.45, 7) is 5.24. The maximum Gasteiger partial charge on any atom is 0.264 e. The predicted molar refractivity (Wildman–Crippen MR) is 88.6 cm³/mol. The van der Waals surface area contributed by atoms with Crippen molar-refractivity contribution in [3.8, 4) is 0 Å². The fraction of sp³-hybridized carbons (Fsp3) is 0.471. The van der Waals surface area contributed by atoms with E-state index in [2.05, 4.69) is 0 Å². The molecule has 0 bridgehead atoms. The number of thiophene rings is 1. The predicted octanol–water partition coefficient (Wildman–Crippen LogP) is 3.22. The number of methoxy groups -OCH3 is 1. The molecule has 0 aliphatic carbocycles. The number of amides is 1. The van der Waals surface area contributed by atoms with Gasteiger partial charge in [0.15, 0.2) is 0 Å². The molecule has 3 rings (SSSR count). The van der Waals surface area contributed by atoms with Crippen molar-refractivity contribution in [3.63, 3.8) is 0 Å². The molecule has 1 fully saturated rings. The van der Waals surface area contributed by atoms with Gasteiger partial charge in [-0.2, -0.15) is 0 Å². The molecule has 0 saturated carbocycles. The molecule has 2 heterocycles. The molecule has 6 heteroatoms. The summed E-state index contributed by atoms with van der Waals surface area (Å²) in [6.07, 6.45) is -0.168. The van der Waals surface area contributed by atoms with Crippen LogP contribution in [-0.4, -0.2) is 49.8 Å². The van der Waals surface area contributed by atoms with E-state index in [1.807, 2.05) is 19.9 Å². The molecule has 1 aliphatic rings. The van der Waals surface area contributed by atoms with E-state index in [1.165, 1.54) is 17.4 Å². The van der Waals surface area contributed by atoms with Crippen LogP contribution in [0.3, 0.4) is 0 Å². The Kier molecular flexibility index (Phi) is 4.66. The number of nitrogens with zero attached hydrogens (tertiary/aromatic N) is 1. The monoisotopic (exact) mass is 337 g/mol. The van der Waals surface area contributed by atoms with Crippen molar-refractivity contribution in [2.24, 2.45) is 0 Å². The Morgan fingerprint density at radius 2 is 2.26 bits per heavy atom. The van der Waals surface area contributed by atoms with Crippen LogP contribution in [0.4, 0.5) is 4.39 Å². The zero-order valence-electron chi connectivity index (χ0n) is 13.5. The van der Waals surface area contributed by atoms with Gasteiger partial charge in [-0.1, -0.05) is 6.07 Å². The van der Waals surface area contributed by atoms with Gasteiger partial charge in [-0.3, -0.25) is 4.79 Å². The lowest BCUT2D eigenvalue weighted by molar-refractivity contribution is -0.0918. The average molecular weight is 337 g/mol. The van der Waals surface area contributed by atoms with Crippen molar-refractivity contribution in [3.05, 3.63) is 34.5 Å². The van der Waals surface area contributed by atoms with Gasteiger partial charge >= 0.3 is 0 Å². The largest absolute Gasteiger partial charge is 0.382 e. The molecule has 0 N–H and O–H groups in total. The zero-order chi connectivity index (χ0) is 16.6. The minimum absolute atomic E-state index is 0.0423. The molecule has 0 spiro atoms. The highest BCUT2D eigenvalue weighted by Crippen LogP contribution is 2.33. The first-order valence-corrected chi connectivity index (χ1v) is 8.44. The van der Waals surface area contributed by atoms with Crippen molar-refractivity contribution in [1.29, 1.82) is 0 Å². The summed E-state index contributed by atoms with van der Waals surface area (Å²) >= 11 is 1.35. The Hall–Kier alpha value is -1.50. The van der Waals surface area contributed by atoms with E-state index in [9.17, 15) is 9.18 Å². The first-order chi connectivity index (χ1) is 11.0. The highest BCUT2D eigenvalue weighted by atomic mass is 32.1. The number of carbonyl (C=O) groups is 1. The van der Waals surface area contributed by atoms with Crippen molar-refractivity contribution >= 4 is 27.3 Å². The SMILES string of the molecule is COCC1CN(C(=O)c2sc3cccc(F)c3c2C)CC(C)O1. The number of morpholine rings is 1. The minimum atomic E-state index is -0.275. The van der Waals surface area contributed by atoms with Gasteiger partial charge in [-0.25, -0.2) is 4.39 Å². The molecule has 1 aromatic heterocycles. The molecular weight excluding hydrogens is 317 g/mol. The Morgan fingerprint density at radius 1 is 1.48 bits per heavy atom. The Morgan fingerprint density at radius 3 is 2.96 bits per heavy atom. The zero-order valence-corrected chi connectivity index (χ0v) is 14.3. The molecule has 2 unspecified atom stereocenters. The summed E-state index contributed by atoms with van der Waals surface area (Å²) in [5.41, 5.74) is 0.718. The van der Waals surface area contributed by atoms with Crippen LogP contribution in [0, 0.1) is 12.7 Å². The second kappa shape index (κ2) is 6.55. The summed E-state index contributed by atoms with van der Waals surface area (Å²) in [5, 5.41) is 0.551. The molecule has 1 saturated heterocycles. The fourth-order valence-corrected chi connectivity index (χ4v) is 4.28. The number of benzene rings is 1. The van der Waals surface area contributed by atoms with E-state index < -0.39 is 0 Å². The Balaban J connectivity index is 1.91. The van der Waals surface area contributed by atoms with E-state index >= 15 is 0 Å². The first kappa shape index (κ1) is 16.4. The van der Waals surface area contributed by atoms with Crippen LogP contribution in [0.5, 0.6) is 0 Å². The summed E-state index contributed by atoms with van der Waals surface area (Å²) in [5.74, 6) is -0.331. The second-order valence-corrected chi connectivity index (χ2v) is 6.96. The van der Waals surface area contributed by atoms with Crippen molar-refractivity contribution in [1.82, 2.24) is 4.90 Å². The number of halogens is 1. The van der Waals surface area contributed by atoms with Gasteiger partial charge in [0, 0.05) is 30.3 Å². The van der Waals surface area contributed by atoms with E-state index in [4.69, 9.17) is 9.47 Å². The van der Waals surface area contributed by atoms with E-state index in [-0.39, 0.29) is 23.9 Å². The number of rotatable bonds is 3. The third-order valence-electron chi connectivity index (χ3n) is 4.06. The number of aryl methyl sites for hydroxylation is 1. The maximum absolute atomic E-state index is 14.0. The van der Waals surface area contributed by atoms with Crippen LogP contribution in [0.15, 0.2) is 18.2 Å². The van der Waals surface area contributed by atoms with Crippen LogP contribution < -0.4 is 0 Å². The molecule has 23 heavy (non-hydrogen) atoms. The molecule has 0 radical (unpaired) electrons. The lowest BCUT2D eigenvalue weighted by Crippen LogP contribution is -2.50. The van der Waals surface area contributed by atoms with Crippen molar-refractivity contribution in [2.75, 3.05) is 26.8 Å². The van der Waals surface area contributed by atoms with E-state index in [0.717, 1.165) is 10.3 Å². The van der Waals surface area contributed by atoms with Gasteiger partial charge in [0.1, 0.15) is 5.82 Å². The summed E-state index contributed by atoms with van der Waals surface area (Å²) in [4.78, 5) is 15.3. The van der Waals surface area contributed by atoms with Crippen molar-refractivity contribution < 1.29 is 18.7 Å². The maximum atomic E-state index is 14.0. The molecule has 1 aliphatic heterocycles. The molecule has 4 nitrogen and oxygen atoms in total. The first-order valence-electron chi connectivity index (χ1n) is 7.62. The molecule has 2 aromatic rings. The molecule has 2 atom stereocenters. The lowest BCUT2D eigenvalue weighted by atomic mass is 10.1. The van der Waals surface area contributed by atoms with Crippen molar-refractivity contribution in [2.45, 2.75) is 26.1 Å². The van der Waals surface area contributed by atoms with Crippen LogP contribution in [0.25, 0.3) is 10.1 Å². The van der Waals surface area contributed by atoms with Crippen LogP contribution in [-0.2, 0) is 9.47 Å². The van der Waals surface area contributed by atoms with Gasteiger partial charge in [-0.15, -0.1) is 11.3 Å². The third-order valence-corrected chi connectivity index (χ3v) is 5.31. The van der Waals surface area contributed by atoms with E-state index in [1.54, 1.807) is 18.1 Å². The normalized spacial score (nSPS) is 21.8. The standard InChI is InChI=1S/C17H20FNO3S/c1-10-7-19(8-12(22-10)9-21-3)17(20)16-11(2)15-13(18)5-4-6-14(15)23-16/h4-6,10,12H,7-9H2,1-3H3. The van der Waals surface area contributed by atoms with Gasteiger partial charge in [0.25, 0.3) is 5.91 Å². The second-order valence-electron chi connectivity index (χ2n) is 5.90. The molecule has 1 amide bonds. The van der Waals surface area contributed by atoms with Gasteiger partial charge < -0.3 is 14.4 Å². The average Bonchev–Trinajstić information content (AvgIpc) is 2.84. The molecule has 124 valence electrons. The summed E-state index contributed by atoms with van der Waals surface area (Å²) in [6, 6.07) is 4.96. The quantitative estimate of drug-likeness (QED) is 0.863. The van der Waals surface area contributed by atoms with Crippen LogP contribution in [0.1, 0.15) is 22.2 Å². The lowest BCUT2D eigenvalue weighted by Gasteiger charge is -2.36. The Labute approximate surface area is 138 Å². The topological polar surface area (TPSA) is 38.8 Å². The molecule has 1 aromatic carbocycles. The van der Waals surface area contributed by atoms with Gasteiger partial charge in [0.05, 0.1) is 23.7 Å². The van der Waals surface area contributed by atoms with Crippen LogP contribution >= 0.6 is 11.3 Å². The van der Waals surface area contributed by atoms with E-state index in [0.29, 0.717) is 30.0 Å².